The molecule has 0 amide bonds. The molecule has 1 heterocycles. The van der Waals surface area contributed by atoms with Crippen LogP contribution in [-0.2, 0) is 20.7 Å². The minimum atomic E-state index is -3.84. The first-order valence-corrected chi connectivity index (χ1v) is 11.6. The van der Waals surface area contributed by atoms with E-state index in [1.54, 1.807) is 12.1 Å². The van der Waals surface area contributed by atoms with Crippen LogP contribution in [0.2, 0.25) is 0 Å². The van der Waals surface area contributed by atoms with Crippen molar-refractivity contribution in [2.45, 2.75) is 24.3 Å². The number of para-hydroxylation sites is 1. The molecule has 4 nitrogen and oxygen atoms in total. The van der Waals surface area contributed by atoms with Gasteiger partial charge in [-0.25, -0.2) is 0 Å². The summed E-state index contributed by atoms with van der Waals surface area (Å²) in [7, 11) is -2.66. The fourth-order valence-corrected chi connectivity index (χ4v) is 5.24. The van der Waals surface area contributed by atoms with Gasteiger partial charge in [-0.1, -0.05) is 78.4 Å². The first-order chi connectivity index (χ1) is 15.0. The first-order valence-electron chi connectivity index (χ1n) is 10.2. The number of aryl methyl sites for hydroxylation is 1. The summed E-state index contributed by atoms with van der Waals surface area (Å²) in [5, 5.41) is 2.32. The molecule has 1 unspecified atom stereocenters. The van der Waals surface area contributed by atoms with Crippen molar-refractivity contribution in [3.05, 3.63) is 95.6 Å². The highest BCUT2D eigenvalue weighted by molar-refractivity contribution is 7.86. The standard InChI is InChI=1S/C26H22O4S/c1-17-13-14-25(31(27,28)29-2)23(15-17)24-16-19-9-6-12-22(26(19)30-24)21-11-5-8-18-7-3-4-10-20(18)21/h3-15,24H,16H2,1-2H3. The summed E-state index contributed by atoms with van der Waals surface area (Å²) in [6, 6.07) is 25.9. The Morgan fingerprint density at radius 3 is 2.48 bits per heavy atom. The van der Waals surface area contributed by atoms with Gasteiger partial charge in [0.2, 0.25) is 0 Å². The summed E-state index contributed by atoms with van der Waals surface area (Å²) in [6.45, 7) is 1.94. The summed E-state index contributed by atoms with van der Waals surface area (Å²) in [4.78, 5) is 0.158. The number of hydrogen-bond acceptors (Lipinski definition) is 4. The quantitative estimate of drug-likeness (QED) is 0.383. The van der Waals surface area contributed by atoms with Gasteiger partial charge in [0.1, 0.15) is 16.7 Å². The molecule has 156 valence electrons. The van der Waals surface area contributed by atoms with Gasteiger partial charge in [-0.05, 0) is 34.9 Å². The van der Waals surface area contributed by atoms with Gasteiger partial charge < -0.3 is 4.74 Å². The van der Waals surface area contributed by atoms with Crippen LogP contribution in [0, 0.1) is 6.92 Å². The van der Waals surface area contributed by atoms with E-state index in [9.17, 15) is 8.42 Å². The Balaban J connectivity index is 1.62. The minimum Gasteiger partial charge on any atom is -0.484 e. The zero-order chi connectivity index (χ0) is 21.6. The van der Waals surface area contributed by atoms with Crippen molar-refractivity contribution >= 4 is 20.9 Å². The third kappa shape index (κ3) is 3.40. The lowest BCUT2D eigenvalue weighted by molar-refractivity contribution is 0.235. The van der Waals surface area contributed by atoms with Gasteiger partial charge in [0, 0.05) is 17.5 Å². The van der Waals surface area contributed by atoms with Crippen molar-refractivity contribution in [1.82, 2.24) is 0 Å². The van der Waals surface area contributed by atoms with Crippen LogP contribution in [0.15, 0.2) is 83.8 Å². The highest BCUT2D eigenvalue weighted by Gasteiger charge is 2.32. The number of rotatable bonds is 4. The van der Waals surface area contributed by atoms with Crippen molar-refractivity contribution in [2.75, 3.05) is 7.11 Å². The molecule has 4 aromatic carbocycles. The molecule has 1 aliphatic heterocycles. The van der Waals surface area contributed by atoms with E-state index >= 15 is 0 Å². The maximum absolute atomic E-state index is 12.5. The molecular weight excluding hydrogens is 408 g/mol. The third-order valence-electron chi connectivity index (χ3n) is 5.84. The van der Waals surface area contributed by atoms with Crippen LogP contribution in [-0.4, -0.2) is 15.5 Å². The largest absolute Gasteiger partial charge is 0.484 e. The Morgan fingerprint density at radius 2 is 1.65 bits per heavy atom. The minimum absolute atomic E-state index is 0.158. The van der Waals surface area contributed by atoms with Crippen LogP contribution >= 0.6 is 0 Å². The van der Waals surface area contributed by atoms with E-state index in [1.807, 2.05) is 43.3 Å². The van der Waals surface area contributed by atoms with Crippen molar-refractivity contribution in [1.29, 1.82) is 0 Å². The maximum atomic E-state index is 12.5. The summed E-state index contributed by atoms with van der Waals surface area (Å²) in [5.41, 5.74) is 4.78. The molecule has 0 N–H and O–H groups in total. The molecule has 0 spiro atoms. The molecule has 0 bridgehead atoms. The number of ether oxygens (including phenoxy) is 1. The van der Waals surface area contributed by atoms with Gasteiger partial charge in [-0.3, -0.25) is 4.18 Å². The van der Waals surface area contributed by atoms with Gasteiger partial charge in [0.15, 0.2) is 0 Å². The van der Waals surface area contributed by atoms with Crippen molar-refractivity contribution in [3.8, 4) is 16.9 Å². The summed E-state index contributed by atoms with van der Waals surface area (Å²) in [5.74, 6) is 0.811. The monoisotopic (exact) mass is 430 g/mol. The van der Waals surface area contributed by atoms with Gasteiger partial charge >= 0.3 is 0 Å². The average Bonchev–Trinajstić information content (AvgIpc) is 3.23. The molecular formula is C26H22O4S. The van der Waals surface area contributed by atoms with Crippen LogP contribution in [0.1, 0.15) is 22.8 Å². The molecule has 0 fully saturated rings. The highest BCUT2D eigenvalue weighted by Crippen LogP contribution is 2.46. The number of fused-ring (bicyclic) bond motifs is 2. The summed E-state index contributed by atoms with van der Waals surface area (Å²) >= 11 is 0. The highest BCUT2D eigenvalue weighted by atomic mass is 32.2. The van der Waals surface area contributed by atoms with Crippen molar-refractivity contribution in [2.24, 2.45) is 0 Å². The lowest BCUT2D eigenvalue weighted by Gasteiger charge is -2.17. The van der Waals surface area contributed by atoms with Gasteiger partial charge in [-0.15, -0.1) is 0 Å². The smallest absolute Gasteiger partial charge is 0.297 e. The van der Waals surface area contributed by atoms with E-state index in [2.05, 4.69) is 30.3 Å². The predicted octanol–water partition coefficient (Wildman–Crippen LogP) is 5.83. The Bertz CT molecular complexity index is 1400. The third-order valence-corrected chi connectivity index (χ3v) is 7.19. The van der Waals surface area contributed by atoms with Crippen LogP contribution in [0.25, 0.3) is 21.9 Å². The second-order valence-corrected chi connectivity index (χ2v) is 9.47. The lowest BCUT2D eigenvalue weighted by Crippen LogP contribution is -2.12. The Morgan fingerprint density at radius 1 is 0.903 bits per heavy atom. The van der Waals surface area contributed by atoms with E-state index in [4.69, 9.17) is 8.92 Å². The zero-order valence-electron chi connectivity index (χ0n) is 17.3. The average molecular weight is 431 g/mol. The zero-order valence-corrected chi connectivity index (χ0v) is 18.1. The first kappa shape index (κ1) is 19.8. The van der Waals surface area contributed by atoms with Crippen molar-refractivity contribution in [3.63, 3.8) is 0 Å². The number of benzene rings is 4. The molecule has 31 heavy (non-hydrogen) atoms. The molecule has 1 aliphatic rings. The molecule has 0 aliphatic carbocycles. The van der Waals surface area contributed by atoms with Gasteiger partial charge in [-0.2, -0.15) is 8.42 Å². The van der Waals surface area contributed by atoms with E-state index in [0.29, 0.717) is 12.0 Å². The lowest BCUT2D eigenvalue weighted by atomic mass is 9.95. The van der Waals surface area contributed by atoms with E-state index in [-0.39, 0.29) is 4.90 Å². The van der Waals surface area contributed by atoms with E-state index in [0.717, 1.165) is 33.4 Å². The summed E-state index contributed by atoms with van der Waals surface area (Å²) in [6.07, 6.45) is 0.204. The number of hydrogen-bond donors (Lipinski definition) is 0. The van der Waals surface area contributed by atoms with Crippen LogP contribution in [0.5, 0.6) is 5.75 Å². The predicted molar refractivity (Wildman–Crippen MR) is 122 cm³/mol. The second kappa shape index (κ2) is 7.52. The molecule has 0 saturated heterocycles. The van der Waals surface area contributed by atoms with Crippen molar-refractivity contribution < 1.29 is 17.3 Å². The Hall–Kier alpha value is -3.15. The normalized spacial score (nSPS) is 15.6. The molecule has 0 saturated carbocycles. The fraction of sp³-hybridized carbons (Fsp3) is 0.154. The Labute approximate surface area is 182 Å². The molecule has 0 radical (unpaired) electrons. The molecule has 4 aromatic rings. The van der Waals surface area contributed by atoms with E-state index < -0.39 is 16.2 Å². The van der Waals surface area contributed by atoms with Crippen LogP contribution < -0.4 is 4.74 Å². The fourth-order valence-electron chi connectivity index (χ4n) is 4.35. The molecule has 0 aromatic heterocycles. The van der Waals surface area contributed by atoms with Crippen LogP contribution in [0.4, 0.5) is 0 Å². The second-order valence-electron chi connectivity index (χ2n) is 7.79. The topological polar surface area (TPSA) is 52.6 Å². The maximum Gasteiger partial charge on any atom is 0.297 e. The van der Waals surface area contributed by atoms with Gasteiger partial charge in [0.25, 0.3) is 10.1 Å². The molecule has 5 rings (SSSR count). The van der Waals surface area contributed by atoms with Gasteiger partial charge in [0.05, 0.1) is 7.11 Å². The van der Waals surface area contributed by atoms with E-state index in [1.165, 1.54) is 12.5 Å². The Kier molecular flexibility index (Phi) is 4.80. The summed E-state index contributed by atoms with van der Waals surface area (Å²) < 4.78 is 36.3. The van der Waals surface area contributed by atoms with Crippen LogP contribution in [0.3, 0.4) is 0 Å². The molecule has 1 atom stereocenters. The SMILES string of the molecule is COS(=O)(=O)c1ccc(C)cc1C1Cc2cccc(-c3cccc4ccccc34)c2O1. The molecule has 5 heteroatoms.